The van der Waals surface area contributed by atoms with E-state index in [1.807, 2.05) is 0 Å². The maximum atomic E-state index is 2.49. The molecule has 7 aromatic carbocycles. The van der Waals surface area contributed by atoms with Gasteiger partial charge in [0.2, 0.25) is 0 Å². The van der Waals surface area contributed by atoms with Crippen LogP contribution in [0.3, 0.4) is 0 Å². The van der Waals surface area contributed by atoms with E-state index in [1.54, 1.807) is 0 Å². The molecule has 0 radical (unpaired) electrons. The Balaban J connectivity index is 1.11. The Morgan fingerprint density at radius 3 is 1.69 bits per heavy atom. The first-order valence-corrected chi connectivity index (χ1v) is 18.3. The third-order valence-corrected chi connectivity index (χ3v) is 12.0. The van der Waals surface area contributed by atoms with Gasteiger partial charge >= 0.3 is 0 Å². The number of aromatic nitrogens is 1. The van der Waals surface area contributed by atoms with Crippen molar-refractivity contribution in [2.75, 3.05) is 16.8 Å². The summed E-state index contributed by atoms with van der Waals surface area (Å²) in [6, 6.07) is 58.3. The molecule has 1 aromatic heterocycles. The van der Waals surface area contributed by atoms with Crippen LogP contribution in [0.2, 0.25) is 0 Å². The number of rotatable bonds is 3. The Morgan fingerprint density at radius 2 is 0.942 bits per heavy atom. The SMILES string of the molecule is CN1c2ccccc2C(C)(C)c2cc3c(cc21)C(C)(C)c1ccccc1N3c1ccc(-c2ccc3c(c2)c2ccccc2n3-c2ccccc2)cc1. The molecule has 0 aliphatic carbocycles. The van der Waals surface area contributed by atoms with E-state index in [1.165, 1.54) is 83.6 Å². The number of fused-ring (bicyclic) bond motifs is 7. The molecule has 10 rings (SSSR count). The van der Waals surface area contributed by atoms with Gasteiger partial charge in [0.25, 0.3) is 0 Å². The minimum atomic E-state index is -0.173. The van der Waals surface area contributed by atoms with E-state index in [-0.39, 0.29) is 10.8 Å². The predicted molar refractivity (Wildman–Crippen MR) is 220 cm³/mol. The molecule has 0 bridgehead atoms. The fraction of sp³-hybridized carbons (Fsp3) is 0.143. The van der Waals surface area contributed by atoms with Gasteiger partial charge < -0.3 is 14.4 Å². The maximum absolute atomic E-state index is 2.49. The zero-order chi connectivity index (χ0) is 35.4. The molecular formula is C49H41N3. The van der Waals surface area contributed by atoms with E-state index in [4.69, 9.17) is 0 Å². The second kappa shape index (κ2) is 11.0. The highest BCUT2D eigenvalue weighted by atomic mass is 15.2. The van der Waals surface area contributed by atoms with E-state index in [0.29, 0.717) is 0 Å². The lowest BCUT2D eigenvalue weighted by molar-refractivity contribution is 0.614. The summed E-state index contributed by atoms with van der Waals surface area (Å²) in [5.74, 6) is 0. The lowest BCUT2D eigenvalue weighted by Crippen LogP contribution is -2.35. The van der Waals surface area contributed by atoms with Crippen molar-refractivity contribution < 1.29 is 0 Å². The van der Waals surface area contributed by atoms with Crippen LogP contribution in [0.15, 0.2) is 158 Å². The molecule has 3 heteroatoms. The van der Waals surface area contributed by atoms with Gasteiger partial charge in [-0.2, -0.15) is 0 Å². The highest BCUT2D eigenvalue weighted by molar-refractivity contribution is 6.10. The van der Waals surface area contributed by atoms with Crippen molar-refractivity contribution in [1.29, 1.82) is 0 Å². The van der Waals surface area contributed by atoms with Gasteiger partial charge in [0.05, 0.1) is 22.4 Å². The molecule has 0 atom stereocenters. The lowest BCUT2D eigenvalue weighted by Gasteiger charge is -2.46. The summed E-state index contributed by atoms with van der Waals surface area (Å²) in [6.45, 7) is 9.51. The van der Waals surface area contributed by atoms with Crippen molar-refractivity contribution in [3.05, 3.63) is 180 Å². The minimum Gasteiger partial charge on any atom is -0.344 e. The summed E-state index contributed by atoms with van der Waals surface area (Å²) in [6.07, 6.45) is 0. The molecule has 2 aliphatic heterocycles. The van der Waals surface area contributed by atoms with Crippen molar-refractivity contribution >= 4 is 50.2 Å². The normalized spacial score (nSPS) is 15.2. The Morgan fingerprint density at radius 1 is 0.385 bits per heavy atom. The standard InChI is InChI=1S/C49H41N3/c1-48(2)38-18-10-13-21-44(38)50(5)46-30-41-47(31-40(46)48)52(45-22-14-11-19-39(45)49(41,3)4)35-26-23-32(24-27-35)33-25-28-43-37(29-33)36-17-9-12-20-42(36)51(43)34-15-7-6-8-16-34/h6-31H,1-5H3. The fourth-order valence-electron chi connectivity index (χ4n) is 9.17. The van der Waals surface area contributed by atoms with E-state index >= 15 is 0 Å². The molecule has 252 valence electrons. The van der Waals surface area contributed by atoms with Crippen LogP contribution in [0.25, 0.3) is 38.6 Å². The molecule has 0 saturated heterocycles. The highest BCUT2D eigenvalue weighted by Gasteiger charge is 2.42. The number of para-hydroxylation sites is 4. The Hall–Kier alpha value is -6.06. The topological polar surface area (TPSA) is 11.4 Å². The molecule has 0 saturated carbocycles. The second-order valence-corrected chi connectivity index (χ2v) is 15.5. The van der Waals surface area contributed by atoms with Crippen LogP contribution in [0.5, 0.6) is 0 Å². The van der Waals surface area contributed by atoms with Crippen LogP contribution < -0.4 is 9.80 Å². The van der Waals surface area contributed by atoms with Crippen molar-refractivity contribution in [2.24, 2.45) is 0 Å². The van der Waals surface area contributed by atoms with Gasteiger partial charge in [-0.1, -0.05) is 119 Å². The summed E-state index contributed by atoms with van der Waals surface area (Å²) in [5.41, 5.74) is 17.3. The molecule has 8 aromatic rings. The van der Waals surface area contributed by atoms with E-state index in [2.05, 4.69) is 207 Å². The van der Waals surface area contributed by atoms with Crippen LogP contribution in [-0.4, -0.2) is 11.6 Å². The first-order valence-electron chi connectivity index (χ1n) is 18.3. The molecule has 0 amide bonds. The Bertz CT molecular complexity index is 2700. The van der Waals surface area contributed by atoms with Crippen molar-refractivity contribution in [2.45, 2.75) is 38.5 Å². The van der Waals surface area contributed by atoms with Crippen molar-refractivity contribution in [1.82, 2.24) is 4.57 Å². The number of nitrogens with zero attached hydrogens (tertiary/aromatic N) is 3. The van der Waals surface area contributed by atoms with E-state index < -0.39 is 0 Å². The molecule has 3 heterocycles. The minimum absolute atomic E-state index is 0.146. The van der Waals surface area contributed by atoms with Gasteiger partial charge in [0, 0.05) is 51.4 Å². The molecule has 0 unspecified atom stereocenters. The second-order valence-electron chi connectivity index (χ2n) is 15.5. The molecule has 3 nitrogen and oxygen atoms in total. The fourth-order valence-corrected chi connectivity index (χ4v) is 9.17. The molecule has 0 spiro atoms. The average molecular weight is 672 g/mol. The number of hydrogen-bond donors (Lipinski definition) is 0. The van der Waals surface area contributed by atoms with Crippen LogP contribution >= 0.6 is 0 Å². The van der Waals surface area contributed by atoms with Crippen LogP contribution in [0.4, 0.5) is 28.4 Å². The molecular weight excluding hydrogens is 631 g/mol. The maximum Gasteiger partial charge on any atom is 0.0541 e. The van der Waals surface area contributed by atoms with Gasteiger partial charge in [0.1, 0.15) is 0 Å². The van der Waals surface area contributed by atoms with Crippen LogP contribution in [0, 0.1) is 0 Å². The Kier molecular flexibility index (Phi) is 6.48. The molecule has 2 aliphatic rings. The quantitative estimate of drug-likeness (QED) is 0.185. The van der Waals surface area contributed by atoms with Crippen LogP contribution in [-0.2, 0) is 10.8 Å². The number of benzene rings is 7. The zero-order valence-corrected chi connectivity index (χ0v) is 30.4. The van der Waals surface area contributed by atoms with Crippen molar-refractivity contribution in [3.63, 3.8) is 0 Å². The lowest BCUT2D eigenvalue weighted by atomic mass is 9.69. The van der Waals surface area contributed by atoms with Crippen LogP contribution in [0.1, 0.15) is 49.9 Å². The van der Waals surface area contributed by atoms with Crippen molar-refractivity contribution in [3.8, 4) is 16.8 Å². The first-order chi connectivity index (χ1) is 25.2. The summed E-state index contributed by atoms with van der Waals surface area (Å²) in [5, 5.41) is 2.53. The largest absolute Gasteiger partial charge is 0.344 e. The summed E-state index contributed by atoms with van der Waals surface area (Å²) in [4.78, 5) is 4.88. The third kappa shape index (κ3) is 4.26. The number of anilines is 5. The summed E-state index contributed by atoms with van der Waals surface area (Å²) >= 11 is 0. The molecule has 0 fully saturated rings. The molecule has 52 heavy (non-hydrogen) atoms. The average Bonchev–Trinajstić information content (AvgIpc) is 3.51. The predicted octanol–water partition coefficient (Wildman–Crippen LogP) is 13.0. The summed E-state index contributed by atoms with van der Waals surface area (Å²) < 4.78 is 2.38. The van der Waals surface area contributed by atoms with Gasteiger partial charge in [-0.05, 0) is 100 Å². The third-order valence-electron chi connectivity index (χ3n) is 12.0. The van der Waals surface area contributed by atoms with Gasteiger partial charge in [-0.15, -0.1) is 0 Å². The Labute approximate surface area is 306 Å². The molecule has 0 N–H and O–H groups in total. The van der Waals surface area contributed by atoms with E-state index in [0.717, 1.165) is 5.69 Å². The first kappa shape index (κ1) is 30.7. The monoisotopic (exact) mass is 671 g/mol. The number of hydrogen-bond acceptors (Lipinski definition) is 2. The highest BCUT2D eigenvalue weighted by Crippen LogP contribution is 2.57. The summed E-state index contributed by atoms with van der Waals surface area (Å²) in [7, 11) is 2.22. The zero-order valence-electron chi connectivity index (χ0n) is 30.4. The van der Waals surface area contributed by atoms with Gasteiger partial charge in [-0.25, -0.2) is 0 Å². The van der Waals surface area contributed by atoms with E-state index in [9.17, 15) is 0 Å². The van der Waals surface area contributed by atoms with Gasteiger partial charge in [-0.3, -0.25) is 0 Å². The van der Waals surface area contributed by atoms with Gasteiger partial charge in [0.15, 0.2) is 0 Å². The smallest absolute Gasteiger partial charge is 0.0541 e.